The smallest absolute Gasteiger partial charge is 0.168 e. The van der Waals surface area contributed by atoms with E-state index in [2.05, 4.69) is 12.0 Å². The summed E-state index contributed by atoms with van der Waals surface area (Å²) in [6.07, 6.45) is 12.1. The molecule has 1 aromatic heterocycles. The molecule has 0 amide bonds. The average Bonchev–Trinajstić information content (AvgIpc) is 3.28. The zero-order valence-corrected chi connectivity index (χ0v) is 19.9. The van der Waals surface area contributed by atoms with Crippen LogP contribution in [-0.2, 0) is 11.3 Å². The number of nitrogens with zero attached hydrogens (tertiary/aromatic N) is 3. The van der Waals surface area contributed by atoms with Gasteiger partial charge in [-0.3, -0.25) is 9.48 Å². The molecule has 6 heteroatoms. The second kappa shape index (κ2) is 6.83. The summed E-state index contributed by atoms with van der Waals surface area (Å²) < 4.78 is 1.57. The van der Waals surface area contributed by atoms with Crippen LogP contribution in [-0.4, -0.2) is 26.3 Å². The van der Waals surface area contributed by atoms with E-state index < -0.39 is 5.60 Å². The predicted molar refractivity (Wildman–Crippen MR) is 121 cm³/mol. The number of halogens is 1. The third-order valence-corrected chi connectivity index (χ3v) is 11.3. The van der Waals surface area contributed by atoms with E-state index in [4.69, 9.17) is 16.9 Å². The van der Waals surface area contributed by atoms with Gasteiger partial charge in [-0.05, 0) is 105 Å². The van der Waals surface area contributed by atoms with Gasteiger partial charge in [0.05, 0.1) is 12.1 Å². The molecule has 7 atom stereocenters. The number of Topliss-reactive ketones (excluding diaryl/α,β-unsaturated/α-hetero) is 1. The number of aliphatic hydroxyl groups is 1. The maximum absolute atomic E-state index is 13.6. The summed E-state index contributed by atoms with van der Waals surface area (Å²) in [5.41, 5.74) is 0.299. The van der Waals surface area contributed by atoms with Gasteiger partial charge in [-0.25, -0.2) is 0 Å². The van der Waals surface area contributed by atoms with Crippen LogP contribution in [0.25, 0.3) is 0 Å². The maximum atomic E-state index is 13.6. The molecule has 0 radical (unpaired) electrons. The summed E-state index contributed by atoms with van der Waals surface area (Å²) in [6, 6.07) is 2.04. The van der Waals surface area contributed by atoms with Gasteiger partial charge in [0.25, 0.3) is 0 Å². The zero-order chi connectivity index (χ0) is 22.5. The van der Waals surface area contributed by atoms with Crippen molar-refractivity contribution in [3.63, 3.8) is 0 Å². The molecule has 6 saturated carbocycles. The lowest BCUT2D eigenvalue weighted by atomic mass is 9.42. The number of ketones is 1. The molecule has 6 fully saturated rings. The molecule has 0 saturated heterocycles. The first-order valence-corrected chi connectivity index (χ1v) is 12.9. The largest absolute Gasteiger partial charge is 0.390 e. The molecule has 1 heterocycles. The summed E-state index contributed by atoms with van der Waals surface area (Å²) in [6.45, 7) is 4.68. The third kappa shape index (κ3) is 2.72. The molecule has 6 aliphatic rings. The monoisotopic (exact) mass is 455 g/mol. The van der Waals surface area contributed by atoms with E-state index in [-0.39, 0.29) is 28.8 Å². The van der Waals surface area contributed by atoms with Crippen molar-refractivity contribution in [3.8, 4) is 6.07 Å². The highest BCUT2D eigenvalue weighted by Gasteiger charge is 2.75. The number of carbonyl (C=O) groups excluding carboxylic acids is 1. The number of carbonyl (C=O) groups is 1. The van der Waals surface area contributed by atoms with Crippen LogP contribution in [0.2, 0.25) is 5.15 Å². The minimum Gasteiger partial charge on any atom is -0.390 e. The first kappa shape index (κ1) is 21.2. The lowest BCUT2D eigenvalue weighted by Crippen LogP contribution is -2.56. The standard InChI is InChI=1S/C26H34ClN3O2/c1-24(32)7-5-18-15(9-24)3-4-20-19(18)6-8-25(2)22(16-10-26(20,25)11-16)21(31)14-30-13-17(12-28)23(27)29-30/h13,15-16,18-20,22,32H,3-11,14H2,1-2H3/t15-,16?,18+,19-,20-,22-,24-,25-,26?/m1/s1. The Balaban J connectivity index is 1.23. The zero-order valence-electron chi connectivity index (χ0n) is 19.2. The van der Waals surface area contributed by atoms with Crippen molar-refractivity contribution in [2.45, 2.75) is 83.8 Å². The Hall–Kier alpha value is -1.38. The molecule has 0 aliphatic heterocycles. The molecule has 0 aromatic carbocycles. The Morgan fingerprint density at radius 2 is 1.94 bits per heavy atom. The number of aromatic nitrogens is 2. The van der Waals surface area contributed by atoms with Crippen molar-refractivity contribution in [2.75, 3.05) is 0 Å². The van der Waals surface area contributed by atoms with Gasteiger partial charge >= 0.3 is 0 Å². The molecule has 1 spiro atoms. The molecule has 1 N–H and O–H groups in total. The van der Waals surface area contributed by atoms with Crippen molar-refractivity contribution in [3.05, 3.63) is 16.9 Å². The van der Waals surface area contributed by atoms with Crippen molar-refractivity contribution in [2.24, 2.45) is 46.3 Å². The minimum absolute atomic E-state index is 0.0952. The average molecular weight is 456 g/mol. The summed E-state index contributed by atoms with van der Waals surface area (Å²) >= 11 is 6.03. The molecule has 172 valence electrons. The molecule has 5 nitrogen and oxygen atoms in total. The highest BCUT2D eigenvalue weighted by molar-refractivity contribution is 6.30. The first-order valence-electron chi connectivity index (χ1n) is 12.6. The lowest BCUT2D eigenvalue weighted by Gasteiger charge is -2.63. The summed E-state index contributed by atoms with van der Waals surface area (Å²) in [7, 11) is 0. The summed E-state index contributed by atoms with van der Waals surface area (Å²) in [5.74, 6) is 3.91. The Kier molecular flexibility index (Phi) is 4.52. The molecular weight excluding hydrogens is 422 g/mol. The number of hydrogen-bond acceptors (Lipinski definition) is 4. The van der Waals surface area contributed by atoms with E-state index in [1.54, 1.807) is 10.9 Å². The fraction of sp³-hybridized carbons (Fsp3) is 0.808. The van der Waals surface area contributed by atoms with Gasteiger partial charge in [0.15, 0.2) is 10.9 Å². The Bertz CT molecular complexity index is 1000. The first-order chi connectivity index (χ1) is 15.2. The Labute approximate surface area is 195 Å². The number of nitriles is 1. The maximum Gasteiger partial charge on any atom is 0.168 e. The van der Waals surface area contributed by atoms with E-state index in [1.165, 1.54) is 38.5 Å². The molecule has 0 unspecified atom stereocenters. The van der Waals surface area contributed by atoms with Gasteiger partial charge in [-0.15, -0.1) is 0 Å². The summed E-state index contributed by atoms with van der Waals surface area (Å²) in [4.78, 5) is 13.6. The van der Waals surface area contributed by atoms with E-state index in [1.807, 2.05) is 13.0 Å². The number of fused-ring (bicyclic) bond motifs is 3. The second-order valence-electron chi connectivity index (χ2n) is 12.4. The Morgan fingerprint density at radius 1 is 1.19 bits per heavy atom. The lowest BCUT2D eigenvalue weighted by molar-refractivity contribution is -0.155. The van der Waals surface area contributed by atoms with Gasteiger partial charge in [0.1, 0.15) is 11.6 Å². The second-order valence-corrected chi connectivity index (χ2v) is 12.7. The van der Waals surface area contributed by atoms with Crippen LogP contribution in [0.15, 0.2) is 6.20 Å². The molecule has 6 aliphatic carbocycles. The van der Waals surface area contributed by atoms with E-state index >= 15 is 0 Å². The normalized spacial score (nSPS) is 48.7. The van der Waals surface area contributed by atoms with Crippen LogP contribution in [0.3, 0.4) is 0 Å². The molecular formula is C26H34ClN3O2. The highest BCUT2D eigenvalue weighted by atomic mass is 35.5. The van der Waals surface area contributed by atoms with Crippen molar-refractivity contribution in [1.29, 1.82) is 5.26 Å². The van der Waals surface area contributed by atoms with Gasteiger partial charge in [-0.1, -0.05) is 18.5 Å². The van der Waals surface area contributed by atoms with Crippen LogP contribution >= 0.6 is 11.6 Å². The molecule has 32 heavy (non-hydrogen) atoms. The molecule has 7 rings (SSSR count). The van der Waals surface area contributed by atoms with Crippen molar-refractivity contribution < 1.29 is 9.90 Å². The van der Waals surface area contributed by atoms with Gasteiger partial charge in [0.2, 0.25) is 0 Å². The fourth-order valence-corrected chi connectivity index (χ4v) is 10.0. The van der Waals surface area contributed by atoms with Crippen LogP contribution in [0.1, 0.15) is 77.2 Å². The van der Waals surface area contributed by atoms with E-state index in [0.717, 1.165) is 37.0 Å². The number of rotatable bonds is 3. The topological polar surface area (TPSA) is 78.9 Å². The van der Waals surface area contributed by atoms with Gasteiger partial charge in [0, 0.05) is 12.1 Å². The fourth-order valence-electron chi connectivity index (χ4n) is 9.85. The Morgan fingerprint density at radius 3 is 2.66 bits per heavy atom. The van der Waals surface area contributed by atoms with Crippen LogP contribution in [0, 0.1) is 57.7 Å². The van der Waals surface area contributed by atoms with Gasteiger partial charge < -0.3 is 5.11 Å². The van der Waals surface area contributed by atoms with Crippen molar-refractivity contribution in [1.82, 2.24) is 9.78 Å². The molecule has 1 aromatic rings. The minimum atomic E-state index is -0.470. The SMILES string of the molecule is C[C@@]1(O)CC[C@H]2[C@H](CC[C@@H]3[C@@H]2CC[C@]2(C)[C@@H](C(=O)Cn4cc(C#N)c(Cl)n4)C4CC32C4)C1. The van der Waals surface area contributed by atoms with Crippen LogP contribution < -0.4 is 0 Å². The number of hydrogen-bond donors (Lipinski definition) is 1. The van der Waals surface area contributed by atoms with E-state index in [9.17, 15) is 9.90 Å². The van der Waals surface area contributed by atoms with Gasteiger partial charge in [-0.2, -0.15) is 10.4 Å². The predicted octanol–water partition coefficient (Wildman–Crippen LogP) is 5.00. The van der Waals surface area contributed by atoms with Crippen LogP contribution in [0.5, 0.6) is 0 Å². The van der Waals surface area contributed by atoms with Crippen LogP contribution in [0.4, 0.5) is 0 Å². The van der Waals surface area contributed by atoms with Crippen molar-refractivity contribution >= 4 is 17.4 Å². The highest BCUT2D eigenvalue weighted by Crippen LogP contribution is 2.80. The van der Waals surface area contributed by atoms with E-state index in [0.29, 0.717) is 22.8 Å². The quantitative estimate of drug-likeness (QED) is 0.695. The molecule has 2 bridgehead atoms. The summed E-state index contributed by atoms with van der Waals surface area (Å²) in [5, 5.41) is 24.2. The third-order valence-electron chi connectivity index (χ3n) is 11.0.